The van der Waals surface area contributed by atoms with E-state index in [9.17, 15) is 14.9 Å². The first-order valence-electron chi connectivity index (χ1n) is 10.1. The van der Waals surface area contributed by atoms with E-state index in [-0.39, 0.29) is 17.4 Å². The molecule has 0 saturated carbocycles. The third-order valence-electron chi connectivity index (χ3n) is 5.35. The molecule has 0 spiro atoms. The zero-order valence-electron chi connectivity index (χ0n) is 17.0. The third kappa shape index (κ3) is 4.78. The number of carbonyl (C=O) groups is 2. The number of amides is 1. The van der Waals surface area contributed by atoms with Crippen molar-refractivity contribution in [3.63, 3.8) is 0 Å². The van der Waals surface area contributed by atoms with Gasteiger partial charge in [0.05, 0.1) is 28.3 Å². The quantitative estimate of drug-likeness (QED) is 0.505. The van der Waals surface area contributed by atoms with Crippen LogP contribution in [0.15, 0.2) is 74.9 Å². The topological polar surface area (TPSA) is 82.0 Å². The average Bonchev–Trinajstić information content (AvgIpc) is 2.79. The summed E-state index contributed by atoms with van der Waals surface area (Å²) in [6.07, 6.45) is 1.93. The van der Waals surface area contributed by atoms with Gasteiger partial charge in [-0.1, -0.05) is 57.5 Å². The molecule has 0 aromatic heterocycles. The highest BCUT2D eigenvalue weighted by molar-refractivity contribution is 9.10. The number of allylic oxidation sites excluding steroid dienone is 3. The van der Waals surface area contributed by atoms with Crippen LogP contribution in [0.25, 0.3) is 0 Å². The minimum absolute atomic E-state index is 0.0356. The Kier molecular flexibility index (Phi) is 7.04. The van der Waals surface area contributed by atoms with Crippen LogP contribution in [0.2, 0.25) is 5.02 Å². The van der Waals surface area contributed by atoms with Gasteiger partial charge in [0, 0.05) is 32.9 Å². The zero-order chi connectivity index (χ0) is 22.7. The van der Waals surface area contributed by atoms with Crippen molar-refractivity contribution in [1.29, 1.82) is 5.26 Å². The van der Waals surface area contributed by atoms with Gasteiger partial charge in [0.25, 0.3) is 0 Å². The summed E-state index contributed by atoms with van der Waals surface area (Å²) < 4.78 is 0.928. The second-order valence-corrected chi connectivity index (χ2v) is 9.76. The lowest BCUT2D eigenvalue weighted by molar-refractivity contribution is -0.116. The summed E-state index contributed by atoms with van der Waals surface area (Å²) in [5, 5.41) is 17.3. The predicted molar refractivity (Wildman–Crippen MR) is 131 cm³/mol. The van der Waals surface area contributed by atoms with Crippen LogP contribution < -0.4 is 10.6 Å². The molecule has 8 heteroatoms. The lowest BCUT2D eigenvalue weighted by Crippen LogP contribution is -2.31. The Bertz CT molecular complexity index is 1180. The molecule has 2 N–H and O–H groups in total. The summed E-state index contributed by atoms with van der Waals surface area (Å²) in [6.45, 7) is 0. The molecule has 1 heterocycles. The summed E-state index contributed by atoms with van der Waals surface area (Å²) in [6, 6.07) is 16.9. The maximum atomic E-state index is 12.8. The third-order valence-corrected chi connectivity index (χ3v) is 7.24. The van der Waals surface area contributed by atoms with Gasteiger partial charge in [0.2, 0.25) is 5.91 Å². The Balaban J connectivity index is 1.62. The van der Waals surface area contributed by atoms with E-state index >= 15 is 0 Å². The van der Waals surface area contributed by atoms with Gasteiger partial charge in [-0.2, -0.15) is 5.26 Å². The first-order chi connectivity index (χ1) is 15.5. The van der Waals surface area contributed by atoms with E-state index in [0.29, 0.717) is 33.3 Å². The Hall–Kier alpha value is -2.53. The number of nitrogens with zero attached hydrogens (tertiary/aromatic N) is 1. The lowest BCUT2D eigenvalue weighted by atomic mass is 9.77. The number of ketones is 1. The fourth-order valence-corrected chi connectivity index (χ4v) is 5.30. The first kappa shape index (κ1) is 22.7. The van der Waals surface area contributed by atoms with E-state index in [0.717, 1.165) is 28.6 Å². The number of anilines is 1. The number of dihydropyridines is 1. The van der Waals surface area contributed by atoms with Crippen LogP contribution in [0.1, 0.15) is 30.7 Å². The fraction of sp³-hybridized carbons (Fsp3) is 0.208. The number of hydrogen-bond donors (Lipinski definition) is 2. The molecule has 1 amide bonds. The maximum Gasteiger partial charge on any atom is 0.234 e. The standard InChI is InChI=1S/C24H19BrClN3O2S/c25-14-8-10-15(11-9-14)28-21(31)13-32-24-17(12-27)22(16-4-1-2-5-18(16)26)23-19(29-24)6-3-7-20(23)30/h1-2,4-5,8-11,22,29H,3,6-7,13H2,(H,28,31)/t22-/m1/s1. The van der Waals surface area contributed by atoms with E-state index in [1.165, 1.54) is 11.8 Å². The molecule has 1 aliphatic carbocycles. The Morgan fingerprint density at radius 3 is 2.69 bits per heavy atom. The highest BCUT2D eigenvalue weighted by Crippen LogP contribution is 2.45. The van der Waals surface area contributed by atoms with Gasteiger partial charge in [-0.3, -0.25) is 9.59 Å². The minimum Gasteiger partial charge on any atom is -0.352 e. The van der Waals surface area contributed by atoms with Crippen LogP contribution in [-0.4, -0.2) is 17.4 Å². The highest BCUT2D eigenvalue weighted by atomic mass is 79.9. The first-order valence-corrected chi connectivity index (χ1v) is 12.2. The van der Waals surface area contributed by atoms with Gasteiger partial charge >= 0.3 is 0 Å². The molecule has 32 heavy (non-hydrogen) atoms. The van der Waals surface area contributed by atoms with Crippen molar-refractivity contribution in [2.45, 2.75) is 25.2 Å². The van der Waals surface area contributed by atoms with E-state index in [1.807, 2.05) is 42.5 Å². The second kappa shape index (κ2) is 9.95. The van der Waals surface area contributed by atoms with Crippen LogP contribution in [0, 0.1) is 11.3 Å². The molecule has 1 aliphatic heterocycles. The van der Waals surface area contributed by atoms with Crippen LogP contribution in [0.3, 0.4) is 0 Å². The summed E-state index contributed by atoms with van der Waals surface area (Å²) in [4.78, 5) is 25.3. The maximum absolute atomic E-state index is 12.8. The number of halogens is 2. The number of benzene rings is 2. The molecule has 2 aromatic carbocycles. The van der Waals surface area contributed by atoms with Crippen LogP contribution in [0.5, 0.6) is 0 Å². The van der Waals surface area contributed by atoms with Gasteiger partial charge in [0.15, 0.2) is 5.78 Å². The van der Waals surface area contributed by atoms with E-state index < -0.39 is 5.92 Å². The van der Waals surface area contributed by atoms with E-state index in [2.05, 4.69) is 32.6 Å². The smallest absolute Gasteiger partial charge is 0.234 e. The fourth-order valence-electron chi connectivity index (χ4n) is 3.93. The molecule has 4 rings (SSSR count). The van der Waals surface area contributed by atoms with Gasteiger partial charge in [0.1, 0.15) is 0 Å². The summed E-state index contributed by atoms with van der Waals surface area (Å²) >= 11 is 11.1. The van der Waals surface area contributed by atoms with Crippen molar-refractivity contribution in [1.82, 2.24) is 5.32 Å². The van der Waals surface area contributed by atoms with E-state index in [1.54, 1.807) is 6.07 Å². The summed E-state index contributed by atoms with van der Waals surface area (Å²) in [5.41, 5.74) is 3.27. The van der Waals surface area contributed by atoms with Crippen molar-refractivity contribution in [2.24, 2.45) is 0 Å². The average molecular weight is 529 g/mol. The van der Waals surface area contributed by atoms with Gasteiger partial charge in [-0.05, 0) is 48.7 Å². The predicted octanol–water partition coefficient (Wildman–Crippen LogP) is 5.90. The number of nitrogens with one attached hydrogen (secondary N) is 2. The molecule has 0 unspecified atom stereocenters. The van der Waals surface area contributed by atoms with Crippen molar-refractivity contribution >= 4 is 56.7 Å². The number of Topliss-reactive ketones (excluding diaryl/α,β-unsaturated/α-hetero) is 1. The molecule has 162 valence electrons. The Labute approximate surface area is 204 Å². The van der Waals surface area contributed by atoms with Crippen molar-refractivity contribution in [3.8, 4) is 6.07 Å². The number of nitriles is 1. The molecule has 0 radical (unpaired) electrons. The van der Waals surface area contributed by atoms with Gasteiger partial charge in [-0.25, -0.2) is 0 Å². The molecule has 0 saturated heterocycles. The number of carbonyl (C=O) groups excluding carboxylic acids is 2. The summed E-state index contributed by atoms with van der Waals surface area (Å²) in [7, 11) is 0. The largest absolute Gasteiger partial charge is 0.352 e. The number of rotatable bonds is 5. The number of thioether (sulfide) groups is 1. The van der Waals surface area contributed by atoms with Gasteiger partial charge in [-0.15, -0.1) is 0 Å². The zero-order valence-corrected chi connectivity index (χ0v) is 20.1. The van der Waals surface area contributed by atoms with Crippen LogP contribution in [0.4, 0.5) is 5.69 Å². The second-order valence-electron chi connectivity index (χ2n) is 7.45. The van der Waals surface area contributed by atoms with E-state index in [4.69, 9.17) is 11.6 Å². The molecule has 0 fully saturated rings. The lowest BCUT2D eigenvalue weighted by Gasteiger charge is -2.33. The molecule has 2 aromatic rings. The summed E-state index contributed by atoms with van der Waals surface area (Å²) in [5.74, 6) is -0.559. The van der Waals surface area contributed by atoms with Crippen LogP contribution in [-0.2, 0) is 9.59 Å². The minimum atomic E-state index is -0.533. The van der Waals surface area contributed by atoms with Crippen molar-refractivity contribution < 1.29 is 9.59 Å². The number of hydrogen-bond acceptors (Lipinski definition) is 5. The highest BCUT2D eigenvalue weighted by Gasteiger charge is 2.37. The Morgan fingerprint density at radius 1 is 1.22 bits per heavy atom. The van der Waals surface area contributed by atoms with Gasteiger partial charge < -0.3 is 10.6 Å². The van der Waals surface area contributed by atoms with Crippen molar-refractivity contribution in [3.05, 3.63) is 85.5 Å². The molecule has 2 aliphatic rings. The van der Waals surface area contributed by atoms with Crippen molar-refractivity contribution in [2.75, 3.05) is 11.1 Å². The van der Waals surface area contributed by atoms with Crippen LogP contribution >= 0.6 is 39.3 Å². The monoisotopic (exact) mass is 527 g/mol. The normalized spacial score (nSPS) is 18.0. The molecule has 0 bridgehead atoms. The molecule has 1 atom stereocenters. The molecular formula is C24H19BrClN3O2S. The SMILES string of the molecule is N#CC1=C(SCC(=O)Nc2ccc(Br)cc2)NC2=C(C(=O)CCC2)[C@@H]1c1ccccc1Cl. The molecule has 5 nitrogen and oxygen atoms in total. The molecular weight excluding hydrogens is 510 g/mol. The Morgan fingerprint density at radius 2 is 1.97 bits per heavy atom.